The zero-order chi connectivity index (χ0) is 14.0. The van der Waals surface area contributed by atoms with Crippen molar-refractivity contribution in [3.63, 3.8) is 0 Å². The molecule has 0 amide bonds. The summed E-state index contributed by atoms with van der Waals surface area (Å²) in [5, 5.41) is 3.97. The third-order valence-corrected chi connectivity index (χ3v) is 3.79. The van der Waals surface area contributed by atoms with Crippen molar-refractivity contribution in [1.29, 1.82) is 0 Å². The second-order valence-electron chi connectivity index (χ2n) is 5.00. The van der Waals surface area contributed by atoms with Gasteiger partial charge in [-0.25, -0.2) is 4.98 Å². The molecule has 2 nitrogen and oxygen atoms in total. The number of hydrogen-bond acceptors (Lipinski definition) is 2. The lowest BCUT2D eigenvalue weighted by molar-refractivity contribution is 0.877. The van der Waals surface area contributed by atoms with E-state index < -0.39 is 0 Å². The predicted octanol–water partition coefficient (Wildman–Crippen LogP) is 4.83. The van der Waals surface area contributed by atoms with Crippen LogP contribution in [0.1, 0.15) is 35.2 Å². The first kappa shape index (κ1) is 13.9. The highest BCUT2D eigenvalue weighted by molar-refractivity contribution is 6.32. The maximum Gasteiger partial charge on any atom is 0.152 e. The number of nitrogens with zero attached hydrogens (tertiary/aromatic N) is 1. The second-order valence-corrected chi connectivity index (χ2v) is 5.36. The molecule has 0 fully saturated rings. The van der Waals surface area contributed by atoms with Gasteiger partial charge in [0.15, 0.2) is 5.15 Å². The maximum absolute atomic E-state index is 6.14. The van der Waals surface area contributed by atoms with E-state index in [2.05, 4.69) is 49.3 Å². The van der Waals surface area contributed by atoms with Crippen LogP contribution < -0.4 is 5.32 Å². The maximum atomic E-state index is 6.14. The van der Waals surface area contributed by atoms with E-state index >= 15 is 0 Å². The molecule has 1 atom stereocenters. The minimum absolute atomic E-state index is 0.194. The van der Waals surface area contributed by atoms with E-state index in [1.807, 2.05) is 13.0 Å². The van der Waals surface area contributed by atoms with E-state index in [0.29, 0.717) is 5.15 Å². The molecule has 0 aliphatic rings. The minimum atomic E-state index is 0.194. The molecule has 1 aromatic heterocycles. The SMILES string of the molecule is Cc1ccc(C(C)Nc2c(C)ccnc2Cl)cc1C. The Kier molecular flexibility index (Phi) is 4.11. The van der Waals surface area contributed by atoms with Crippen LogP contribution in [0.15, 0.2) is 30.5 Å². The molecule has 0 bridgehead atoms. The molecule has 1 heterocycles. The number of nitrogens with one attached hydrogen (secondary N) is 1. The first-order valence-corrected chi connectivity index (χ1v) is 6.81. The molecule has 0 saturated heterocycles. The number of pyridine rings is 1. The molecular formula is C16H19ClN2. The van der Waals surface area contributed by atoms with Gasteiger partial charge < -0.3 is 5.32 Å². The van der Waals surface area contributed by atoms with Gasteiger partial charge in [-0.1, -0.05) is 29.8 Å². The van der Waals surface area contributed by atoms with Gasteiger partial charge in [0.05, 0.1) is 5.69 Å². The number of rotatable bonds is 3. The molecule has 0 saturated carbocycles. The van der Waals surface area contributed by atoms with Crippen LogP contribution in [-0.2, 0) is 0 Å². The van der Waals surface area contributed by atoms with Gasteiger partial charge in [0.2, 0.25) is 0 Å². The quantitative estimate of drug-likeness (QED) is 0.811. The summed E-state index contributed by atoms with van der Waals surface area (Å²) in [7, 11) is 0. The number of aryl methyl sites for hydroxylation is 3. The van der Waals surface area contributed by atoms with E-state index in [9.17, 15) is 0 Å². The van der Waals surface area contributed by atoms with Crippen molar-refractivity contribution in [2.75, 3.05) is 5.32 Å². The van der Waals surface area contributed by atoms with Gasteiger partial charge in [-0.15, -0.1) is 0 Å². The van der Waals surface area contributed by atoms with Crippen molar-refractivity contribution in [3.8, 4) is 0 Å². The van der Waals surface area contributed by atoms with E-state index in [0.717, 1.165) is 11.3 Å². The van der Waals surface area contributed by atoms with Gasteiger partial charge in [0, 0.05) is 12.2 Å². The Morgan fingerprint density at radius 3 is 2.42 bits per heavy atom. The summed E-state index contributed by atoms with van der Waals surface area (Å²) in [4.78, 5) is 4.12. The van der Waals surface area contributed by atoms with Gasteiger partial charge in [-0.3, -0.25) is 0 Å². The summed E-state index contributed by atoms with van der Waals surface area (Å²) in [6.45, 7) is 8.42. The molecule has 1 aromatic carbocycles. The summed E-state index contributed by atoms with van der Waals surface area (Å²) in [6.07, 6.45) is 1.73. The molecule has 0 aliphatic heterocycles. The number of benzene rings is 1. The third kappa shape index (κ3) is 3.07. The first-order chi connectivity index (χ1) is 8.99. The Bertz CT molecular complexity index is 573. The first-order valence-electron chi connectivity index (χ1n) is 6.44. The van der Waals surface area contributed by atoms with Crippen LogP contribution in [0.4, 0.5) is 5.69 Å². The van der Waals surface area contributed by atoms with Crippen LogP contribution >= 0.6 is 11.6 Å². The molecule has 100 valence electrons. The third-order valence-electron chi connectivity index (χ3n) is 3.50. The molecule has 2 aromatic rings. The summed E-state index contributed by atoms with van der Waals surface area (Å²) in [6, 6.07) is 8.67. The summed E-state index contributed by atoms with van der Waals surface area (Å²) < 4.78 is 0. The second kappa shape index (κ2) is 5.62. The van der Waals surface area contributed by atoms with Crippen LogP contribution in [0.25, 0.3) is 0 Å². The normalized spacial score (nSPS) is 12.3. The van der Waals surface area contributed by atoms with Gasteiger partial charge in [0.1, 0.15) is 0 Å². The molecule has 0 radical (unpaired) electrons. The smallest absolute Gasteiger partial charge is 0.152 e. The van der Waals surface area contributed by atoms with Gasteiger partial charge >= 0.3 is 0 Å². The number of halogens is 1. The lowest BCUT2D eigenvalue weighted by atomic mass is 10.0. The van der Waals surface area contributed by atoms with E-state index in [1.165, 1.54) is 16.7 Å². The Balaban J connectivity index is 2.25. The van der Waals surface area contributed by atoms with Crippen LogP contribution in [0.2, 0.25) is 5.15 Å². The highest BCUT2D eigenvalue weighted by Gasteiger charge is 2.11. The summed E-state index contributed by atoms with van der Waals surface area (Å²) in [5.41, 5.74) is 5.89. The topological polar surface area (TPSA) is 24.9 Å². The fraction of sp³-hybridized carbons (Fsp3) is 0.312. The fourth-order valence-electron chi connectivity index (χ4n) is 2.03. The average molecular weight is 275 g/mol. The van der Waals surface area contributed by atoms with Gasteiger partial charge in [-0.2, -0.15) is 0 Å². The van der Waals surface area contributed by atoms with Crippen LogP contribution in [0, 0.1) is 20.8 Å². The van der Waals surface area contributed by atoms with Crippen molar-refractivity contribution < 1.29 is 0 Å². The largest absolute Gasteiger partial charge is 0.376 e. The number of anilines is 1. The zero-order valence-corrected chi connectivity index (χ0v) is 12.5. The van der Waals surface area contributed by atoms with E-state index in [4.69, 9.17) is 11.6 Å². The Labute approximate surface area is 119 Å². The van der Waals surface area contributed by atoms with Crippen molar-refractivity contribution in [2.24, 2.45) is 0 Å². The molecule has 2 rings (SSSR count). The monoisotopic (exact) mass is 274 g/mol. The molecule has 19 heavy (non-hydrogen) atoms. The lowest BCUT2D eigenvalue weighted by Crippen LogP contribution is -2.09. The minimum Gasteiger partial charge on any atom is -0.376 e. The van der Waals surface area contributed by atoms with Crippen molar-refractivity contribution in [3.05, 3.63) is 57.9 Å². The molecule has 3 heteroatoms. The highest BCUT2D eigenvalue weighted by atomic mass is 35.5. The van der Waals surface area contributed by atoms with Gasteiger partial charge in [-0.05, 0) is 56.0 Å². The van der Waals surface area contributed by atoms with Crippen molar-refractivity contribution in [1.82, 2.24) is 4.98 Å². The zero-order valence-electron chi connectivity index (χ0n) is 11.8. The van der Waals surface area contributed by atoms with Crippen LogP contribution in [0.3, 0.4) is 0 Å². The van der Waals surface area contributed by atoms with Crippen molar-refractivity contribution >= 4 is 17.3 Å². The highest BCUT2D eigenvalue weighted by Crippen LogP contribution is 2.28. The van der Waals surface area contributed by atoms with Gasteiger partial charge in [0.25, 0.3) is 0 Å². The number of aromatic nitrogens is 1. The molecule has 1 N–H and O–H groups in total. The van der Waals surface area contributed by atoms with Crippen LogP contribution in [0.5, 0.6) is 0 Å². The Morgan fingerprint density at radius 1 is 1.05 bits per heavy atom. The molecular weight excluding hydrogens is 256 g/mol. The number of hydrogen-bond donors (Lipinski definition) is 1. The predicted molar refractivity (Wildman–Crippen MR) is 81.9 cm³/mol. The Morgan fingerprint density at radius 2 is 1.79 bits per heavy atom. The van der Waals surface area contributed by atoms with Crippen molar-refractivity contribution in [2.45, 2.75) is 33.7 Å². The standard InChI is InChI=1S/C16H19ClN2/c1-10-5-6-14(9-12(10)3)13(4)19-15-11(2)7-8-18-16(15)17/h5-9,13,19H,1-4H3. The molecule has 1 unspecified atom stereocenters. The summed E-state index contributed by atoms with van der Waals surface area (Å²) in [5.74, 6) is 0. The van der Waals surface area contributed by atoms with Crippen LogP contribution in [-0.4, -0.2) is 4.98 Å². The summed E-state index contributed by atoms with van der Waals surface area (Å²) >= 11 is 6.14. The lowest BCUT2D eigenvalue weighted by Gasteiger charge is -2.19. The molecule has 0 aliphatic carbocycles. The average Bonchev–Trinajstić information content (AvgIpc) is 2.37. The Hall–Kier alpha value is -1.54. The fourth-order valence-corrected chi connectivity index (χ4v) is 2.29. The van der Waals surface area contributed by atoms with E-state index in [1.54, 1.807) is 6.20 Å². The van der Waals surface area contributed by atoms with E-state index in [-0.39, 0.29) is 6.04 Å². The molecule has 0 spiro atoms.